The van der Waals surface area contributed by atoms with Crippen LogP contribution >= 0.6 is 0 Å². The Bertz CT molecular complexity index is 115. The van der Waals surface area contributed by atoms with Crippen LogP contribution in [0.2, 0.25) is 0 Å². The maximum Gasteiger partial charge on any atom is 0.411 e. The molecule has 12 heavy (non-hydrogen) atoms. The Morgan fingerprint density at radius 2 is 1.83 bits per heavy atom. The van der Waals surface area contributed by atoms with Crippen molar-refractivity contribution in [1.82, 2.24) is 0 Å². The molecule has 74 valence electrons. The van der Waals surface area contributed by atoms with Gasteiger partial charge in [-0.2, -0.15) is 13.2 Å². The van der Waals surface area contributed by atoms with Crippen molar-refractivity contribution in [2.75, 3.05) is 19.9 Å². The van der Waals surface area contributed by atoms with Crippen LogP contribution in [-0.2, 0) is 9.47 Å². The summed E-state index contributed by atoms with van der Waals surface area (Å²) in [5.74, 6) is 0. The molecule has 0 rings (SSSR count). The van der Waals surface area contributed by atoms with Gasteiger partial charge in [0.2, 0.25) is 0 Å². The molecule has 1 atom stereocenters. The third-order valence-electron chi connectivity index (χ3n) is 0.911. The van der Waals surface area contributed by atoms with Crippen molar-refractivity contribution < 1.29 is 27.0 Å². The lowest BCUT2D eigenvalue weighted by Crippen LogP contribution is -2.23. The predicted molar refractivity (Wildman–Crippen MR) is 33.4 cm³/mol. The van der Waals surface area contributed by atoms with Crippen LogP contribution in [0.5, 0.6) is 0 Å². The summed E-state index contributed by atoms with van der Waals surface area (Å²) < 4.78 is 54.6. The van der Waals surface area contributed by atoms with E-state index in [9.17, 15) is 17.6 Å². The van der Waals surface area contributed by atoms with Crippen molar-refractivity contribution in [3.63, 3.8) is 0 Å². The van der Waals surface area contributed by atoms with Crippen LogP contribution < -0.4 is 0 Å². The molecule has 0 bridgehead atoms. The molecule has 0 radical (unpaired) electrons. The third kappa shape index (κ3) is 7.74. The van der Waals surface area contributed by atoms with E-state index in [0.29, 0.717) is 0 Å². The smallest absolute Gasteiger partial charge is 0.350 e. The van der Waals surface area contributed by atoms with E-state index in [2.05, 4.69) is 9.47 Å². The second-order valence-electron chi connectivity index (χ2n) is 2.05. The summed E-state index contributed by atoms with van der Waals surface area (Å²) in [7, 11) is 0. The van der Waals surface area contributed by atoms with Crippen molar-refractivity contribution in [2.24, 2.45) is 0 Å². The minimum Gasteiger partial charge on any atom is -0.350 e. The topological polar surface area (TPSA) is 18.5 Å². The molecule has 0 aliphatic rings. The number of halogens is 4. The molecule has 0 aromatic carbocycles. The van der Waals surface area contributed by atoms with E-state index in [1.807, 2.05) is 0 Å². The van der Waals surface area contributed by atoms with Gasteiger partial charge in [-0.15, -0.1) is 0 Å². The van der Waals surface area contributed by atoms with Gasteiger partial charge >= 0.3 is 6.18 Å². The van der Waals surface area contributed by atoms with E-state index in [1.54, 1.807) is 0 Å². The first-order chi connectivity index (χ1) is 5.45. The Morgan fingerprint density at radius 3 is 2.25 bits per heavy atom. The largest absolute Gasteiger partial charge is 0.411 e. The normalized spacial score (nSPS) is 14.8. The molecule has 0 aromatic heterocycles. The average Bonchev–Trinajstić information content (AvgIpc) is 1.95. The summed E-state index contributed by atoms with van der Waals surface area (Å²) in [5, 5.41) is 0. The first-order valence-electron chi connectivity index (χ1n) is 3.31. The number of ether oxygens (including phenoxy) is 2. The first kappa shape index (κ1) is 11.6. The van der Waals surface area contributed by atoms with E-state index in [0.717, 1.165) is 0 Å². The molecule has 2 nitrogen and oxygen atoms in total. The van der Waals surface area contributed by atoms with E-state index >= 15 is 0 Å². The fourth-order valence-corrected chi connectivity index (χ4v) is 0.470. The van der Waals surface area contributed by atoms with E-state index in [1.165, 1.54) is 6.92 Å². The maximum absolute atomic E-state index is 11.5. The molecule has 0 fully saturated rings. The second kappa shape index (κ2) is 5.31. The van der Waals surface area contributed by atoms with Gasteiger partial charge in [0.25, 0.3) is 0 Å². The van der Waals surface area contributed by atoms with Crippen molar-refractivity contribution >= 4 is 0 Å². The molecule has 0 saturated heterocycles. The lowest BCUT2D eigenvalue weighted by molar-refractivity contribution is -0.224. The number of hydrogen-bond donors (Lipinski definition) is 0. The Labute approximate surface area is 67.5 Å². The van der Waals surface area contributed by atoms with Gasteiger partial charge in [-0.25, -0.2) is 4.39 Å². The quantitative estimate of drug-likeness (QED) is 0.487. The van der Waals surface area contributed by atoms with Gasteiger partial charge in [0.1, 0.15) is 13.3 Å². The van der Waals surface area contributed by atoms with Crippen molar-refractivity contribution in [2.45, 2.75) is 19.4 Å². The van der Waals surface area contributed by atoms with Crippen LogP contribution in [0.3, 0.4) is 0 Å². The minimum absolute atomic E-state index is 0.251. The molecule has 0 aromatic rings. The molecule has 0 saturated carbocycles. The zero-order valence-electron chi connectivity index (χ0n) is 6.53. The molecular weight excluding hydrogens is 180 g/mol. The number of alkyl halides is 4. The maximum atomic E-state index is 11.5. The molecule has 0 N–H and O–H groups in total. The summed E-state index contributed by atoms with van der Waals surface area (Å²) in [6, 6.07) is 0. The van der Waals surface area contributed by atoms with Crippen molar-refractivity contribution in [3.8, 4) is 0 Å². The highest BCUT2D eigenvalue weighted by atomic mass is 19.4. The summed E-state index contributed by atoms with van der Waals surface area (Å²) in [6.45, 7) is -1.08. The average molecular weight is 190 g/mol. The summed E-state index contributed by atoms with van der Waals surface area (Å²) in [5.41, 5.74) is 0. The Morgan fingerprint density at radius 1 is 1.25 bits per heavy atom. The zero-order chi connectivity index (χ0) is 9.61. The van der Waals surface area contributed by atoms with E-state index in [-0.39, 0.29) is 6.61 Å². The molecular formula is C6H10F4O2. The van der Waals surface area contributed by atoms with Gasteiger partial charge in [-0.1, -0.05) is 0 Å². The van der Waals surface area contributed by atoms with E-state index in [4.69, 9.17) is 0 Å². The van der Waals surface area contributed by atoms with Crippen LogP contribution in [0.4, 0.5) is 17.6 Å². The number of rotatable bonds is 5. The van der Waals surface area contributed by atoms with Crippen LogP contribution in [0.15, 0.2) is 0 Å². The van der Waals surface area contributed by atoms with Crippen LogP contribution in [0.1, 0.15) is 6.92 Å². The lowest BCUT2D eigenvalue weighted by atomic mass is 10.6. The van der Waals surface area contributed by atoms with Gasteiger partial charge in [-0.05, 0) is 6.92 Å². The van der Waals surface area contributed by atoms with Gasteiger partial charge < -0.3 is 9.47 Å². The van der Waals surface area contributed by atoms with Gasteiger partial charge in [0, 0.05) is 0 Å². The Balaban J connectivity index is 3.37. The lowest BCUT2D eigenvalue weighted by Gasteiger charge is -2.14. The van der Waals surface area contributed by atoms with Crippen LogP contribution in [0, 0.1) is 0 Å². The molecule has 6 heteroatoms. The second-order valence-corrected chi connectivity index (χ2v) is 2.05. The standard InChI is InChI=1S/C6H10F4O2/c1-5(11-3-2-7)12-4-6(8,9)10/h5H,2-4H2,1H3. The highest BCUT2D eigenvalue weighted by Crippen LogP contribution is 2.15. The molecule has 0 heterocycles. The number of hydrogen-bond acceptors (Lipinski definition) is 2. The first-order valence-corrected chi connectivity index (χ1v) is 3.31. The third-order valence-corrected chi connectivity index (χ3v) is 0.911. The Hall–Kier alpha value is -0.360. The molecule has 1 unspecified atom stereocenters. The van der Waals surface area contributed by atoms with Gasteiger partial charge in [0.05, 0.1) is 6.61 Å². The predicted octanol–water partition coefficient (Wildman–Crippen LogP) is 1.90. The van der Waals surface area contributed by atoms with Gasteiger partial charge in [0.15, 0.2) is 6.29 Å². The van der Waals surface area contributed by atoms with Crippen molar-refractivity contribution in [1.29, 1.82) is 0 Å². The fourth-order valence-electron chi connectivity index (χ4n) is 0.470. The highest BCUT2D eigenvalue weighted by Gasteiger charge is 2.28. The molecule has 0 amide bonds. The minimum atomic E-state index is -4.37. The summed E-state index contributed by atoms with van der Waals surface area (Å²) in [4.78, 5) is 0. The Kier molecular flexibility index (Phi) is 5.16. The monoisotopic (exact) mass is 190 g/mol. The zero-order valence-corrected chi connectivity index (χ0v) is 6.53. The molecule has 0 aliphatic heterocycles. The van der Waals surface area contributed by atoms with Crippen molar-refractivity contribution in [3.05, 3.63) is 0 Å². The van der Waals surface area contributed by atoms with Crippen LogP contribution in [-0.4, -0.2) is 32.4 Å². The van der Waals surface area contributed by atoms with E-state index < -0.39 is 25.7 Å². The molecule has 0 spiro atoms. The van der Waals surface area contributed by atoms with Gasteiger partial charge in [-0.3, -0.25) is 0 Å². The SMILES string of the molecule is CC(OCCF)OCC(F)(F)F. The summed E-state index contributed by atoms with van der Waals surface area (Å²) >= 11 is 0. The summed E-state index contributed by atoms with van der Waals surface area (Å²) in [6.07, 6.45) is -5.39. The molecule has 0 aliphatic carbocycles. The highest BCUT2D eigenvalue weighted by molar-refractivity contribution is 4.46. The fraction of sp³-hybridized carbons (Fsp3) is 1.00. The van der Waals surface area contributed by atoms with Crippen LogP contribution in [0.25, 0.3) is 0 Å².